The summed E-state index contributed by atoms with van der Waals surface area (Å²) in [7, 11) is 1.81. The summed E-state index contributed by atoms with van der Waals surface area (Å²) in [5.74, 6) is -2.14. The molecule has 252 valence electrons. The Bertz CT molecular complexity index is 1560. The molecule has 0 aliphatic rings. The van der Waals surface area contributed by atoms with Crippen LogP contribution in [-0.4, -0.2) is 79.4 Å². The Hall–Kier alpha value is -4.05. The van der Waals surface area contributed by atoms with Gasteiger partial charge in [-0.05, 0) is 73.8 Å². The van der Waals surface area contributed by atoms with Crippen molar-refractivity contribution in [2.75, 3.05) is 19.3 Å². The number of carboxylic acid groups (broad SMARTS) is 1. The zero-order chi connectivity index (χ0) is 34.4. The highest BCUT2D eigenvalue weighted by Gasteiger charge is 2.38. The number of imidazole rings is 2. The molecule has 0 spiro atoms. The molecule has 5 rings (SSSR count). The number of thiol groups is 1. The minimum absolute atomic E-state index is 0.0120. The average Bonchev–Trinajstić information content (AvgIpc) is 3.67. The third-order valence-electron chi connectivity index (χ3n) is 6.92. The van der Waals surface area contributed by atoms with Gasteiger partial charge in [-0.2, -0.15) is 25.8 Å². The number of hydrogen-bond donors (Lipinski definition) is 6. The fourth-order valence-corrected chi connectivity index (χ4v) is 5.56. The number of fused-ring (bicyclic) bond motifs is 2. The zero-order valence-corrected chi connectivity index (χ0v) is 27.4. The third kappa shape index (κ3) is 11.9. The first-order valence-electron chi connectivity index (χ1n) is 14.7. The molecule has 0 bridgehead atoms. The lowest BCUT2D eigenvalue weighted by Gasteiger charge is -2.29. The first-order chi connectivity index (χ1) is 22.4. The number of H-pyrrole nitrogens is 2. The van der Waals surface area contributed by atoms with Gasteiger partial charge in [0, 0.05) is 18.8 Å². The molecule has 0 saturated carbocycles. The summed E-state index contributed by atoms with van der Waals surface area (Å²) < 4.78 is 31.7. The summed E-state index contributed by atoms with van der Waals surface area (Å²) in [6, 6.07) is 25.7. The van der Waals surface area contributed by atoms with E-state index in [9.17, 15) is 18.0 Å². The van der Waals surface area contributed by atoms with Gasteiger partial charge in [0.05, 0.1) is 28.1 Å². The number of alkyl halides is 3. The summed E-state index contributed by atoms with van der Waals surface area (Å²) in [5, 5.41) is 8.82. The maximum atomic E-state index is 12.4. The van der Waals surface area contributed by atoms with Crippen LogP contribution in [0.25, 0.3) is 22.1 Å². The van der Waals surface area contributed by atoms with E-state index in [2.05, 4.69) is 44.7 Å². The van der Waals surface area contributed by atoms with Crippen LogP contribution in [0.1, 0.15) is 24.8 Å². The van der Waals surface area contributed by atoms with Crippen LogP contribution in [0.5, 0.6) is 0 Å². The van der Waals surface area contributed by atoms with E-state index in [0.29, 0.717) is 18.7 Å². The number of amides is 1. The highest BCUT2D eigenvalue weighted by molar-refractivity contribution is 7.99. The van der Waals surface area contributed by atoms with Crippen molar-refractivity contribution in [2.45, 2.75) is 54.3 Å². The van der Waals surface area contributed by atoms with E-state index in [1.807, 2.05) is 73.8 Å². The van der Waals surface area contributed by atoms with Crippen molar-refractivity contribution >= 4 is 58.3 Å². The van der Waals surface area contributed by atoms with Crippen molar-refractivity contribution in [2.24, 2.45) is 11.5 Å². The second-order valence-electron chi connectivity index (χ2n) is 10.4. The molecule has 0 fully saturated rings. The number of carboxylic acids is 1. The van der Waals surface area contributed by atoms with Crippen LogP contribution in [0.4, 0.5) is 13.2 Å². The molecule has 15 heteroatoms. The van der Waals surface area contributed by atoms with Crippen LogP contribution in [0, 0.1) is 0 Å². The molecule has 5 aromatic rings. The molecule has 7 N–H and O–H groups in total. The first kappa shape index (κ1) is 37.4. The van der Waals surface area contributed by atoms with Crippen molar-refractivity contribution in [1.29, 1.82) is 0 Å². The third-order valence-corrected chi connectivity index (χ3v) is 8.12. The van der Waals surface area contributed by atoms with Crippen molar-refractivity contribution in [3.63, 3.8) is 0 Å². The van der Waals surface area contributed by atoms with Crippen molar-refractivity contribution in [1.82, 2.24) is 24.8 Å². The number of aryl methyl sites for hydroxylation is 1. The molecule has 0 radical (unpaired) electrons. The van der Waals surface area contributed by atoms with E-state index in [1.54, 1.807) is 4.90 Å². The number of aromatic nitrogens is 4. The molecule has 0 saturated heterocycles. The Balaban J connectivity index is 0.000000214. The summed E-state index contributed by atoms with van der Waals surface area (Å²) in [4.78, 5) is 38.6. The van der Waals surface area contributed by atoms with Gasteiger partial charge in [-0.15, -0.1) is 0 Å². The first-order valence-corrected chi connectivity index (χ1v) is 16.1. The molecule has 1 amide bonds. The van der Waals surface area contributed by atoms with E-state index in [-0.39, 0.29) is 11.9 Å². The second-order valence-corrected chi connectivity index (χ2v) is 11.7. The average molecular weight is 690 g/mol. The lowest BCUT2D eigenvalue weighted by molar-refractivity contribution is -0.192. The zero-order valence-electron chi connectivity index (χ0n) is 25.7. The molecule has 2 atom stereocenters. The number of aliphatic carboxylic acids is 1. The fraction of sp³-hybridized carbons (Fsp3) is 0.312. The molecule has 3 aromatic carbocycles. The van der Waals surface area contributed by atoms with Crippen LogP contribution in [-0.2, 0) is 16.0 Å². The number of nitrogens with one attached hydrogen (secondary N) is 2. The number of carbonyl (C=O) groups is 2. The highest BCUT2D eigenvalue weighted by atomic mass is 32.2. The number of likely N-dealkylation sites (N-methyl/N-ethyl adjacent to an activating group) is 1. The number of rotatable bonds is 11. The normalized spacial score (nSPS) is 12.4. The molecule has 2 aromatic heterocycles. The van der Waals surface area contributed by atoms with E-state index >= 15 is 0 Å². The number of para-hydroxylation sites is 4. The summed E-state index contributed by atoms with van der Waals surface area (Å²) in [6.07, 6.45) is -1.85. The number of carbonyl (C=O) groups excluding carboxylic acids is 1. The predicted octanol–water partition coefficient (Wildman–Crippen LogP) is 5.67. The second kappa shape index (κ2) is 18.3. The topological polar surface area (TPSA) is 167 Å². The molecule has 47 heavy (non-hydrogen) atoms. The summed E-state index contributed by atoms with van der Waals surface area (Å²) in [6.45, 7) is 0.631. The van der Waals surface area contributed by atoms with Gasteiger partial charge in [-0.3, -0.25) is 4.79 Å². The minimum atomic E-state index is -5.08. The Labute approximate surface area is 279 Å². The van der Waals surface area contributed by atoms with Crippen LogP contribution in [0.2, 0.25) is 0 Å². The molecular weight excluding hydrogens is 652 g/mol. The largest absolute Gasteiger partial charge is 0.490 e. The van der Waals surface area contributed by atoms with Gasteiger partial charge in [0.25, 0.3) is 0 Å². The van der Waals surface area contributed by atoms with Gasteiger partial charge >= 0.3 is 12.1 Å². The van der Waals surface area contributed by atoms with Crippen LogP contribution >= 0.6 is 24.4 Å². The number of hydrogen-bond acceptors (Lipinski definition) is 8. The van der Waals surface area contributed by atoms with Gasteiger partial charge in [0.1, 0.15) is 0 Å². The van der Waals surface area contributed by atoms with Gasteiger partial charge < -0.3 is 31.4 Å². The molecule has 2 heterocycles. The van der Waals surface area contributed by atoms with Gasteiger partial charge in [-0.1, -0.05) is 54.6 Å². The maximum Gasteiger partial charge on any atom is 0.490 e. The molecule has 0 aliphatic carbocycles. The number of nitrogens with zero attached hydrogens (tertiary/aromatic N) is 3. The monoisotopic (exact) mass is 689 g/mol. The molecule has 10 nitrogen and oxygen atoms in total. The van der Waals surface area contributed by atoms with E-state index < -0.39 is 18.2 Å². The number of nitrogens with two attached hydrogens (primary N) is 2. The Morgan fingerprint density at radius 3 is 1.85 bits per heavy atom. The summed E-state index contributed by atoms with van der Waals surface area (Å²) in [5.41, 5.74) is 16.8. The lowest BCUT2D eigenvalue weighted by atomic mass is 10.0. The Kier molecular flexibility index (Phi) is 14.6. The fourth-order valence-electron chi connectivity index (χ4n) is 4.34. The van der Waals surface area contributed by atoms with Gasteiger partial charge in [0.2, 0.25) is 5.91 Å². The minimum Gasteiger partial charge on any atom is -0.475 e. The lowest BCUT2D eigenvalue weighted by Crippen LogP contribution is -2.47. The Morgan fingerprint density at radius 2 is 1.40 bits per heavy atom. The SMILES string of the molecule is CN(C(=O)[C@@H](N)CCc1ccccc1)[C@H](CS)CCCN.O=C(O)C(F)(F)F.c1ccc2[nH]c(Sc3nc4ccccc4[nH]3)nc2c1. The van der Waals surface area contributed by atoms with Crippen molar-refractivity contribution in [3.05, 3.63) is 84.4 Å². The molecule has 0 aliphatic heterocycles. The Morgan fingerprint density at radius 1 is 0.915 bits per heavy atom. The van der Waals surface area contributed by atoms with E-state index in [4.69, 9.17) is 21.4 Å². The number of halogens is 3. The summed E-state index contributed by atoms with van der Waals surface area (Å²) >= 11 is 5.83. The van der Waals surface area contributed by atoms with E-state index in [1.165, 1.54) is 17.3 Å². The van der Waals surface area contributed by atoms with Crippen molar-refractivity contribution < 1.29 is 27.9 Å². The quantitative estimate of drug-likeness (QED) is 0.0966. The smallest absolute Gasteiger partial charge is 0.475 e. The standard InChI is InChI=1S/C16H27N3OS.C14H10N4S.C2HF3O2/c1-19(14(12-21)8-5-11-17)16(20)15(18)10-9-13-6-3-2-4-7-13;1-2-6-10-9(5-1)15-13(16-10)19-14-17-11-7-3-4-8-12(11)18-14;3-2(4,5)1(6)7/h2-4,6-7,14-15,21H,5,8-12,17-18H2,1H3;1-8H,(H,15,16)(H,17,18);(H,6,7)/t14-,15-;;/m0../s1. The number of aromatic amines is 2. The number of benzene rings is 3. The predicted molar refractivity (Wildman–Crippen MR) is 181 cm³/mol. The van der Waals surface area contributed by atoms with Crippen LogP contribution in [0.15, 0.2) is 89.2 Å². The molecule has 0 unspecified atom stereocenters. The highest BCUT2D eigenvalue weighted by Crippen LogP contribution is 2.26. The molecular formula is C32H38F3N7O3S2. The van der Waals surface area contributed by atoms with E-state index in [0.717, 1.165) is 51.6 Å². The van der Waals surface area contributed by atoms with Crippen LogP contribution in [0.3, 0.4) is 0 Å². The van der Waals surface area contributed by atoms with Crippen LogP contribution < -0.4 is 11.5 Å². The van der Waals surface area contributed by atoms with Crippen molar-refractivity contribution in [3.8, 4) is 0 Å². The van der Waals surface area contributed by atoms with Gasteiger partial charge in [-0.25, -0.2) is 14.8 Å². The van der Waals surface area contributed by atoms with Gasteiger partial charge in [0.15, 0.2) is 10.3 Å². The maximum absolute atomic E-state index is 12.4.